The van der Waals surface area contributed by atoms with E-state index < -0.39 is 5.67 Å². The lowest BCUT2D eigenvalue weighted by atomic mass is 9.92. The summed E-state index contributed by atoms with van der Waals surface area (Å²) in [6, 6.07) is 0. The van der Waals surface area contributed by atoms with Crippen molar-refractivity contribution >= 4 is 0 Å². The van der Waals surface area contributed by atoms with E-state index in [-0.39, 0.29) is 0 Å². The van der Waals surface area contributed by atoms with E-state index in [0.717, 1.165) is 12.8 Å². The minimum atomic E-state index is -1.16. The van der Waals surface area contributed by atoms with Gasteiger partial charge in [-0.2, -0.15) is 0 Å². The summed E-state index contributed by atoms with van der Waals surface area (Å²) >= 11 is 0. The van der Waals surface area contributed by atoms with Crippen LogP contribution in [0.15, 0.2) is 24.3 Å². The van der Waals surface area contributed by atoms with E-state index >= 15 is 0 Å². The highest BCUT2D eigenvalue weighted by atomic mass is 19.1. The Balaban J connectivity index is 2.40. The molecule has 11 heavy (non-hydrogen) atoms. The monoisotopic (exact) mass is 153 g/mol. The van der Waals surface area contributed by atoms with Crippen molar-refractivity contribution in [2.45, 2.75) is 31.9 Å². The Hall–Kier alpha value is -0.590. The van der Waals surface area contributed by atoms with Crippen molar-refractivity contribution in [2.75, 3.05) is 0 Å². The van der Waals surface area contributed by atoms with E-state index in [2.05, 4.69) is 6.92 Å². The normalized spacial score (nSPS) is 29.3. The van der Waals surface area contributed by atoms with Gasteiger partial charge in [0.15, 0.2) is 0 Å². The van der Waals surface area contributed by atoms with Gasteiger partial charge in [0.1, 0.15) is 5.67 Å². The van der Waals surface area contributed by atoms with Crippen LogP contribution in [0.3, 0.4) is 0 Å². The van der Waals surface area contributed by atoms with Gasteiger partial charge in [-0.1, -0.05) is 38.0 Å². The third-order valence-electron chi connectivity index (χ3n) is 1.88. The highest BCUT2D eigenvalue weighted by Crippen LogP contribution is 2.27. The van der Waals surface area contributed by atoms with Gasteiger partial charge >= 0.3 is 0 Å². The van der Waals surface area contributed by atoms with Crippen molar-refractivity contribution in [1.82, 2.24) is 0 Å². The highest BCUT2D eigenvalue weighted by Gasteiger charge is 2.25. The lowest BCUT2D eigenvalue weighted by Crippen LogP contribution is -2.20. The molecule has 0 aromatic rings. The van der Waals surface area contributed by atoms with Gasteiger partial charge in [-0.05, 0) is 12.5 Å². The summed E-state index contributed by atoms with van der Waals surface area (Å²) in [4.78, 5) is 0. The van der Waals surface area contributed by atoms with Gasteiger partial charge in [0.05, 0.1) is 0 Å². The standard InChI is InChI=1S/C10H14F/c1-2-3-7-10(11)8-5-4-6-9-10/h4-6,8-9H,2-3,7H2,1H3. The van der Waals surface area contributed by atoms with Crippen LogP contribution in [-0.2, 0) is 0 Å². The highest BCUT2D eigenvalue weighted by molar-refractivity contribution is 5.26. The third kappa shape index (κ3) is 2.49. The molecule has 1 atom stereocenters. The molecule has 1 unspecified atom stereocenters. The molecule has 1 aliphatic rings. The first kappa shape index (κ1) is 8.51. The molecule has 61 valence electrons. The number of alkyl halides is 1. The summed E-state index contributed by atoms with van der Waals surface area (Å²) in [5.74, 6) is 0. The molecule has 0 nitrogen and oxygen atoms in total. The van der Waals surface area contributed by atoms with E-state index in [9.17, 15) is 4.39 Å². The summed E-state index contributed by atoms with van der Waals surface area (Å²) in [7, 11) is 0. The summed E-state index contributed by atoms with van der Waals surface area (Å²) in [5.41, 5.74) is -1.16. The van der Waals surface area contributed by atoms with Crippen LogP contribution in [-0.4, -0.2) is 5.67 Å². The summed E-state index contributed by atoms with van der Waals surface area (Å²) in [6.45, 7) is 2.08. The fraction of sp³-hybridized carbons (Fsp3) is 0.500. The molecule has 1 rings (SSSR count). The maximum atomic E-state index is 13.6. The Bertz CT molecular complexity index is 170. The second-order valence-electron chi connectivity index (χ2n) is 2.94. The molecule has 0 bridgehead atoms. The molecular weight excluding hydrogens is 139 g/mol. The van der Waals surface area contributed by atoms with Crippen LogP contribution in [0.1, 0.15) is 26.2 Å². The predicted octanol–water partition coefficient (Wildman–Crippen LogP) is 3.22. The lowest BCUT2D eigenvalue weighted by molar-refractivity contribution is 0.255. The molecule has 1 radical (unpaired) electrons. The van der Waals surface area contributed by atoms with Crippen molar-refractivity contribution in [3.63, 3.8) is 0 Å². The van der Waals surface area contributed by atoms with Crippen molar-refractivity contribution in [1.29, 1.82) is 0 Å². The zero-order valence-corrected chi connectivity index (χ0v) is 6.89. The second-order valence-corrected chi connectivity index (χ2v) is 2.94. The molecule has 0 N–H and O–H groups in total. The zero-order valence-electron chi connectivity index (χ0n) is 6.89. The number of halogens is 1. The Labute approximate surface area is 67.8 Å². The molecule has 1 aliphatic carbocycles. The van der Waals surface area contributed by atoms with Crippen LogP contribution in [0, 0.1) is 6.42 Å². The lowest BCUT2D eigenvalue weighted by Gasteiger charge is -2.20. The molecule has 0 amide bonds. The first-order chi connectivity index (χ1) is 5.27. The van der Waals surface area contributed by atoms with Crippen molar-refractivity contribution in [3.05, 3.63) is 30.7 Å². The molecule has 0 aromatic heterocycles. The van der Waals surface area contributed by atoms with Gasteiger partial charge in [0.2, 0.25) is 0 Å². The van der Waals surface area contributed by atoms with E-state index in [4.69, 9.17) is 0 Å². The number of allylic oxidation sites excluding steroid dienone is 4. The molecule has 0 saturated heterocycles. The Morgan fingerprint density at radius 1 is 1.27 bits per heavy atom. The molecule has 1 heteroatoms. The quantitative estimate of drug-likeness (QED) is 0.584. The van der Waals surface area contributed by atoms with Gasteiger partial charge in [-0.25, -0.2) is 4.39 Å². The van der Waals surface area contributed by atoms with Crippen molar-refractivity contribution < 1.29 is 4.39 Å². The molecule has 0 aliphatic heterocycles. The van der Waals surface area contributed by atoms with Crippen LogP contribution in [0.2, 0.25) is 0 Å². The topological polar surface area (TPSA) is 0 Å². The smallest absolute Gasteiger partial charge is 0.136 e. The molecule has 0 spiro atoms. The third-order valence-corrected chi connectivity index (χ3v) is 1.88. The summed E-state index contributed by atoms with van der Waals surface area (Å²) in [6.07, 6.45) is 11.3. The largest absolute Gasteiger partial charge is 0.239 e. The van der Waals surface area contributed by atoms with Crippen LogP contribution in [0.25, 0.3) is 0 Å². The number of hydrogen-bond acceptors (Lipinski definition) is 0. The van der Waals surface area contributed by atoms with Gasteiger partial charge < -0.3 is 0 Å². The van der Waals surface area contributed by atoms with E-state index in [0.29, 0.717) is 6.42 Å². The maximum absolute atomic E-state index is 13.6. The van der Waals surface area contributed by atoms with Crippen molar-refractivity contribution in [2.24, 2.45) is 0 Å². The van der Waals surface area contributed by atoms with Gasteiger partial charge in [0.25, 0.3) is 0 Å². The summed E-state index contributed by atoms with van der Waals surface area (Å²) < 4.78 is 13.6. The van der Waals surface area contributed by atoms with Gasteiger partial charge in [-0.3, -0.25) is 0 Å². The van der Waals surface area contributed by atoms with E-state index in [1.165, 1.54) is 0 Å². The molecular formula is C10H14F. The average Bonchev–Trinajstić information content (AvgIpc) is 2.03. The molecule has 0 saturated carbocycles. The Kier molecular flexibility index (Phi) is 2.86. The Morgan fingerprint density at radius 2 is 2.09 bits per heavy atom. The number of hydrogen-bond donors (Lipinski definition) is 0. The maximum Gasteiger partial charge on any atom is 0.136 e. The first-order valence-electron chi connectivity index (χ1n) is 4.16. The van der Waals surface area contributed by atoms with Gasteiger partial charge in [-0.15, -0.1) is 0 Å². The van der Waals surface area contributed by atoms with Gasteiger partial charge in [0, 0.05) is 6.42 Å². The van der Waals surface area contributed by atoms with Crippen LogP contribution in [0.4, 0.5) is 4.39 Å². The first-order valence-corrected chi connectivity index (χ1v) is 4.16. The van der Waals surface area contributed by atoms with E-state index in [1.807, 2.05) is 6.08 Å². The molecule has 0 fully saturated rings. The number of unbranched alkanes of at least 4 members (excludes halogenated alkanes) is 1. The van der Waals surface area contributed by atoms with E-state index in [1.54, 1.807) is 24.6 Å². The van der Waals surface area contributed by atoms with Crippen molar-refractivity contribution in [3.8, 4) is 0 Å². The predicted molar refractivity (Wildman–Crippen MR) is 45.9 cm³/mol. The Morgan fingerprint density at radius 3 is 2.64 bits per heavy atom. The fourth-order valence-electron chi connectivity index (χ4n) is 1.17. The number of rotatable bonds is 3. The molecule has 0 aromatic carbocycles. The SMILES string of the molecule is CCCCC1(F)[CH]C=CC=C1. The zero-order chi connectivity index (χ0) is 8.16. The van der Waals surface area contributed by atoms with Crippen LogP contribution in [0.5, 0.6) is 0 Å². The molecule has 0 heterocycles. The average molecular weight is 153 g/mol. The second kappa shape index (κ2) is 3.70. The van der Waals surface area contributed by atoms with Crippen LogP contribution >= 0.6 is 0 Å². The minimum absolute atomic E-state index is 0.615. The fourth-order valence-corrected chi connectivity index (χ4v) is 1.17. The van der Waals surface area contributed by atoms with Crippen LogP contribution < -0.4 is 0 Å². The summed E-state index contributed by atoms with van der Waals surface area (Å²) in [5, 5.41) is 0. The minimum Gasteiger partial charge on any atom is -0.239 e.